The largest absolute Gasteiger partial charge is 1.00 e. The third-order valence-corrected chi connectivity index (χ3v) is 6.36. The zero-order valence-electron chi connectivity index (χ0n) is 19.5. The number of unbranched alkanes of at least 4 members (excludes halogenated alkanes) is 10. The van der Waals surface area contributed by atoms with Gasteiger partial charge in [-0.15, -0.1) is 5.75 Å². The summed E-state index contributed by atoms with van der Waals surface area (Å²) < 4.78 is 39.0. The van der Waals surface area contributed by atoms with Crippen molar-refractivity contribution in [1.82, 2.24) is 0 Å². The first kappa shape index (κ1) is 29.0. The first-order valence-electron chi connectivity index (χ1n) is 11.5. The van der Waals surface area contributed by atoms with Gasteiger partial charge in [-0.25, -0.2) is 0 Å². The van der Waals surface area contributed by atoms with Crippen LogP contribution in [0.1, 0.15) is 83.1 Å². The molecule has 0 aliphatic rings. The molecule has 0 atom stereocenters. The second kappa shape index (κ2) is 15.7. The predicted molar refractivity (Wildman–Crippen MR) is 122 cm³/mol. The summed E-state index contributed by atoms with van der Waals surface area (Å²) in [6, 6.07) is 10.5. The molecule has 32 heavy (non-hydrogen) atoms. The zero-order chi connectivity index (χ0) is 22.5. The number of aryl methyl sites for hydroxylation is 1. The van der Waals surface area contributed by atoms with E-state index in [1.54, 1.807) is 12.1 Å². The standard InChI is InChI=1S/C25H36O5S.Na/c1-2-3-4-5-6-7-8-9-10-11-12-13-21-14-17-24(20-25(21)31(27,28)29)30-23-18-15-22(26)16-19-23;/h14-20,26H,2-13H2,1H3,(H,27,28,29);/q;+1/p-1. The normalized spacial score (nSPS) is 11.2. The van der Waals surface area contributed by atoms with Gasteiger partial charge in [0.2, 0.25) is 0 Å². The van der Waals surface area contributed by atoms with E-state index in [9.17, 15) is 18.1 Å². The molecule has 1 N–H and O–H groups in total. The van der Waals surface area contributed by atoms with Gasteiger partial charge in [0, 0.05) is 6.07 Å². The molecular formula is C25H35NaO5S. The summed E-state index contributed by atoms with van der Waals surface area (Å²) in [6.07, 6.45) is 14.1. The maximum absolute atomic E-state index is 11.9. The summed E-state index contributed by atoms with van der Waals surface area (Å²) in [4.78, 5) is -0.113. The fraction of sp³-hybridized carbons (Fsp3) is 0.520. The summed E-state index contributed by atoms with van der Waals surface area (Å²) in [5.74, 6) is 0.598. The molecule has 0 fully saturated rings. The van der Waals surface area contributed by atoms with Crippen molar-refractivity contribution in [2.75, 3.05) is 0 Å². The minimum Gasteiger partial charge on any atom is -0.872 e. The minimum absolute atomic E-state index is 0. The Balaban J connectivity index is 0.00000512. The second-order valence-corrected chi connectivity index (χ2v) is 9.49. The van der Waals surface area contributed by atoms with Crippen LogP contribution in [-0.2, 0) is 16.5 Å². The van der Waals surface area contributed by atoms with Crippen molar-refractivity contribution in [3.63, 3.8) is 0 Å². The van der Waals surface area contributed by atoms with Crippen molar-refractivity contribution in [2.45, 2.75) is 88.9 Å². The Labute approximate surface area is 215 Å². The van der Waals surface area contributed by atoms with Gasteiger partial charge in [0.05, 0.1) is 0 Å². The molecule has 0 amide bonds. The first-order valence-corrected chi connectivity index (χ1v) is 12.9. The molecule has 2 aromatic rings. The Kier molecular flexibility index (Phi) is 14.2. The fourth-order valence-electron chi connectivity index (χ4n) is 3.67. The van der Waals surface area contributed by atoms with Crippen LogP contribution in [0.4, 0.5) is 0 Å². The Bertz CT molecular complexity index is 882. The van der Waals surface area contributed by atoms with Crippen LogP contribution < -0.4 is 39.4 Å². The van der Waals surface area contributed by atoms with Gasteiger partial charge in [-0.3, -0.25) is 4.55 Å². The smallest absolute Gasteiger partial charge is 0.872 e. The van der Waals surface area contributed by atoms with E-state index < -0.39 is 10.1 Å². The summed E-state index contributed by atoms with van der Waals surface area (Å²) in [7, 11) is -4.35. The second-order valence-electron chi connectivity index (χ2n) is 8.10. The van der Waals surface area contributed by atoms with Crippen molar-refractivity contribution >= 4 is 10.1 Å². The van der Waals surface area contributed by atoms with Gasteiger partial charge in [-0.2, -0.15) is 8.42 Å². The van der Waals surface area contributed by atoms with Crippen molar-refractivity contribution in [3.8, 4) is 17.2 Å². The first-order chi connectivity index (χ1) is 14.9. The van der Waals surface area contributed by atoms with Gasteiger partial charge >= 0.3 is 29.6 Å². The minimum atomic E-state index is -4.35. The molecule has 0 saturated carbocycles. The zero-order valence-corrected chi connectivity index (χ0v) is 22.3. The average molecular weight is 471 g/mol. The number of rotatable bonds is 15. The van der Waals surface area contributed by atoms with E-state index in [1.165, 1.54) is 81.7 Å². The SMILES string of the molecule is CCCCCCCCCCCCCc1ccc(Oc2ccc([O-])cc2)cc1S(=O)(=O)O.[Na+]. The van der Waals surface area contributed by atoms with Gasteiger partial charge in [0.1, 0.15) is 16.4 Å². The molecule has 0 unspecified atom stereocenters. The topological polar surface area (TPSA) is 86.7 Å². The van der Waals surface area contributed by atoms with Crippen LogP contribution in [0, 0.1) is 0 Å². The molecule has 7 heteroatoms. The van der Waals surface area contributed by atoms with Crippen molar-refractivity contribution < 1.29 is 52.4 Å². The quantitative estimate of drug-likeness (QED) is 0.244. The van der Waals surface area contributed by atoms with Crippen LogP contribution in [0.3, 0.4) is 0 Å². The van der Waals surface area contributed by atoms with Crippen LogP contribution >= 0.6 is 0 Å². The molecule has 0 bridgehead atoms. The van der Waals surface area contributed by atoms with Gasteiger partial charge < -0.3 is 9.84 Å². The molecular weight excluding hydrogens is 435 g/mol. The van der Waals surface area contributed by atoms with Crippen LogP contribution in [0.2, 0.25) is 0 Å². The van der Waals surface area contributed by atoms with E-state index >= 15 is 0 Å². The van der Waals surface area contributed by atoms with Gasteiger partial charge in [0.25, 0.3) is 10.1 Å². The number of hydrogen-bond acceptors (Lipinski definition) is 4. The maximum atomic E-state index is 11.9. The molecule has 2 aromatic carbocycles. The Morgan fingerprint density at radius 1 is 0.781 bits per heavy atom. The van der Waals surface area contributed by atoms with E-state index in [1.807, 2.05) is 0 Å². The molecule has 5 nitrogen and oxygen atoms in total. The Morgan fingerprint density at radius 2 is 1.28 bits per heavy atom. The maximum Gasteiger partial charge on any atom is 1.00 e. The van der Waals surface area contributed by atoms with Crippen LogP contribution in [0.25, 0.3) is 0 Å². The van der Waals surface area contributed by atoms with E-state index in [-0.39, 0.29) is 40.2 Å². The summed E-state index contributed by atoms with van der Waals surface area (Å²) in [6.45, 7) is 2.23. The van der Waals surface area contributed by atoms with Crippen LogP contribution in [-0.4, -0.2) is 13.0 Å². The van der Waals surface area contributed by atoms with Gasteiger partial charge in [-0.05, 0) is 36.6 Å². The van der Waals surface area contributed by atoms with Gasteiger partial charge in [-0.1, -0.05) is 89.3 Å². The summed E-state index contributed by atoms with van der Waals surface area (Å²) >= 11 is 0. The molecule has 2 rings (SSSR count). The third kappa shape index (κ3) is 11.2. The van der Waals surface area contributed by atoms with E-state index in [0.29, 0.717) is 23.5 Å². The van der Waals surface area contributed by atoms with Crippen molar-refractivity contribution in [2.24, 2.45) is 0 Å². The predicted octanol–water partition coefficient (Wildman–Crippen LogP) is 3.66. The number of ether oxygens (including phenoxy) is 1. The molecule has 0 aliphatic carbocycles. The molecule has 172 valence electrons. The molecule has 0 radical (unpaired) electrons. The molecule has 0 aromatic heterocycles. The number of benzene rings is 2. The summed E-state index contributed by atoms with van der Waals surface area (Å²) in [5.41, 5.74) is 0.598. The Hall–Kier alpha value is -1.05. The monoisotopic (exact) mass is 470 g/mol. The van der Waals surface area contributed by atoms with E-state index in [2.05, 4.69) is 6.92 Å². The third-order valence-electron chi connectivity index (χ3n) is 5.43. The fourth-order valence-corrected chi connectivity index (χ4v) is 4.43. The molecule has 0 spiro atoms. The number of hydrogen-bond donors (Lipinski definition) is 1. The van der Waals surface area contributed by atoms with E-state index in [0.717, 1.165) is 19.3 Å². The summed E-state index contributed by atoms with van der Waals surface area (Å²) in [5, 5.41) is 11.2. The van der Waals surface area contributed by atoms with Crippen LogP contribution in [0.15, 0.2) is 47.4 Å². The van der Waals surface area contributed by atoms with Crippen LogP contribution in [0.5, 0.6) is 17.2 Å². The van der Waals surface area contributed by atoms with E-state index in [4.69, 9.17) is 4.74 Å². The molecule has 0 heterocycles. The molecule has 0 saturated heterocycles. The molecule has 0 aliphatic heterocycles. The van der Waals surface area contributed by atoms with Crippen molar-refractivity contribution in [3.05, 3.63) is 48.0 Å². The average Bonchev–Trinajstić information content (AvgIpc) is 2.73. The van der Waals surface area contributed by atoms with Crippen molar-refractivity contribution in [1.29, 1.82) is 0 Å². The van der Waals surface area contributed by atoms with Gasteiger partial charge in [0.15, 0.2) is 0 Å². The Morgan fingerprint density at radius 3 is 1.81 bits per heavy atom.